The van der Waals surface area contributed by atoms with Gasteiger partial charge in [0.1, 0.15) is 17.3 Å². The van der Waals surface area contributed by atoms with Crippen LogP contribution in [0.5, 0.6) is 5.75 Å². The molecule has 0 bridgehead atoms. The molecule has 0 fully saturated rings. The van der Waals surface area contributed by atoms with Crippen molar-refractivity contribution in [2.45, 2.75) is 13.8 Å². The highest BCUT2D eigenvalue weighted by molar-refractivity contribution is 6.31. The number of benzene rings is 2. The molecule has 0 aliphatic carbocycles. The number of ether oxygens (including phenoxy) is 1. The average Bonchev–Trinajstić information content (AvgIpc) is 2.65. The Balaban J connectivity index is 1.74. The van der Waals surface area contributed by atoms with Gasteiger partial charge < -0.3 is 15.4 Å². The molecule has 0 aliphatic rings. The van der Waals surface area contributed by atoms with E-state index in [1.807, 2.05) is 32.0 Å². The highest BCUT2D eigenvalue weighted by atomic mass is 35.5. The summed E-state index contributed by atoms with van der Waals surface area (Å²) in [5.41, 5.74) is 3.68. The zero-order valence-electron chi connectivity index (χ0n) is 15.2. The Hall–Kier alpha value is -3.12. The lowest BCUT2D eigenvalue weighted by molar-refractivity contribution is 0.102. The van der Waals surface area contributed by atoms with Gasteiger partial charge in [-0.05, 0) is 49.2 Å². The van der Waals surface area contributed by atoms with Crippen LogP contribution >= 0.6 is 11.6 Å². The van der Waals surface area contributed by atoms with Crippen molar-refractivity contribution in [3.63, 3.8) is 0 Å². The second-order valence-electron chi connectivity index (χ2n) is 6.03. The SMILES string of the molecule is COc1ccc(Cl)cc1Nc1cnc(C(=O)Nc2cc(C)ccc2C)cn1. The fraction of sp³-hybridized carbons (Fsp3) is 0.150. The first kappa shape index (κ1) is 18.7. The zero-order chi connectivity index (χ0) is 19.4. The Morgan fingerprint density at radius 1 is 1.04 bits per heavy atom. The molecule has 7 heteroatoms. The van der Waals surface area contributed by atoms with Gasteiger partial charge in [-0.15, -0.1) is 0 Å². The van der Waals surface area contributed by atoms with E-state index in [9.17, 15) is 4.79 Å². The Bertz CT molecular complexity index is 974. The molecule has 2 N–H and O–H groups in total. The van der Waals surface area contributed by atoms with Crippen molar-refractivity contribution in [3.05, 3.63) is 70.6 Å². The Kier molecular flexibility index (Phi) is 5.57. The Labute approximate surface area is 162 Å². The molecule has 0 atom stereocenters. The number of aryl methyl sites for hydroxylation is 2. The molecule has 138 valence electrons. The number of amides is 1. The molecule has 0 saturated heterocycles. The van der Waals surface area contributed by atoms with Crippen LogP contribution in [0.3, 0.4) is 0 Å². The van der Waals surface area contributed by atoms with Crippen LogP contribution < -0.4 is 15.4 Å². The molecule has 2 aromatic carbocycles. The number of rotatable bonds is 5. The van der Waals surface area contributed by atoms with E-state index in [4.69, 9.17) is 16.3 Å². The lowest BCUT2D eigenvalue weighted by Gasteiger charge is -2.11. The number of hydrogen-bond donors (Lipinski definition) is 2. The number of methoxy groups -OCH3 is 1. The summed E-state index contributed by atoms with van der Waals surface area (Å²) >= 11 is 6.02. The van der Waals surface area contributed by atoms with Crippen LogP contribution in [0.2, 0.25) is 5.02 Å². The molecule has 0 spiro atoms. The maximum Gasteiger partial charge on any atom is 0.275 e. The van der Waals surface area contributed by atoms with Crippen molar-refractivity contribution < 1.29 is 9.53 Å². The van der Waals surface area contributed by atoms with E-state index in [2.05, 4.69) is 20.6 Å². The fourth-order valence-electron chi connectivity index (χ4n) is 2.48. The molecular formula is C20H19ClN4O2. The molecule has 3 aromatic rings. The molecule has 0 aliphatic heterocycles. The summed E-state index contributed by atoms with van der Waals surface area (Å²) in [6.45, 7) is 3.91. The van der Waals surface area contributed by atoms with Gasteiger partial charge in [0.25, 0.3) is 5.91 Å². The van der Waals surface area contributed by atoms with Crippen LogP contribution in [0.4, 0.5) is 17.2 Å². The molecule has 1 aromatic heterocycles. The van der Waals surface area contributed by atoms with Gasteiger partial charge in [0, 0.05) is 10.7 Å². The summed E-state index contributed by atoms with van der Waals surface area (Å²) in [7, 11) is 1.57. The molecule has 1 amide bonds. The summed E-state index contributed by atoms with van der Waals surface area (Å²) in [6.07, 6.45) is 2.90. The standard InChI is InChI=1S/C20H19ClN4O2/c1-12-4-5-13(2)15(8-12)25-20(26)17-10-23-19(11-22-17)24-16-9-14(21)6-7-18(16)27-3/h4-11H,1-3H3,(H,23,24)(H,25,26). The minimum absolute atomic E-state index is 0.222. The number of anilines is 3. The molecule has 1 heterocycles. The van der Waals surface area contributed by atoms with Crippen LogP contribution in [-0.4, -0.2) is 23.0 Å². The largest absolute Gasteiger partial charge is 0.495 e. The first-order valence-corrected chi connectivity index (χ1v) is 8.65. The second-order valence-corrected chi connectivity index (χ2v) is 6.47. The van der Waals surface area contributed by atoms with Crippen molar-refractivity contribution in [1.29, 1.82) is 0 Å². The van der Waals surface area contributed by atoms with Crippen molar-refractivity contribution in [1.82, 2.24) is 9.97 Å². The van der Waals surface area contributed by atoms with Crippen LogP contribution in [0.15, 0.2) is 48.8 Å². The Morgan fingerprint density at radius 2 is 1.85 bits per heavy atom. The summed E-state index contributed by atoms with van der Waals surface area (Å²) in [6, 6.07) is 11.1. The summed E-state index contributed by atoms with van der Waals surface area (Å²) < 4.78 is 5.29. The van der Waals surface area contributed by atoms with Gasteiger partial charge in [0.2, 0.25) is 0 Å². The predicted molar refractivity (Wildman–Crippen MR) is 107 cm³/mol. The monoisotopic (exact) mass is 382 g/mol. The van der Waals surface area contributed by atoms with Crippen LogP contribution in [0.25, 0.3) is 0 Å². The molecule has 6 nitrogen and oxygen atoms in total. The number of aromatic nitrogens is 2. The lowest BCUT2D eigenvalue weighted by Crippen LogP contribution is -2.15. The number of nitrogens with one attached hydrogen (secondary N) is 2. The highest BCUT2D eigenvalue weighted by Gasteiger charge is 2.11. The van der Waals surface area contributed by atoms with E-state index in [-0.39, 0.29) is 11.6 Å². The quantitative estimate of drug-likeness (QED) is 0.665. The van der Waals surface area contributed by atoms with Gasteiger partial charge in [-0.3, -0.25) is 4.79 Å². The maximum absolute atomic E-state index is 12.4. The lowest BCUT2D eigenvalue weighted by atomic mass is 10.1. The van der Waals surface area contributed by atoms with Gasteiger partial charge in [-0.25, -0.2) is 9.97 Å². The van der Waals surface area contributed by atoms with Gasteiger partial charge in [-0.2, -0.15) is 0 Å². The number of halogens is 1. The first-order chi connectivity index (χ1) is 13.0. The summed E-state index contributed by atoms with van der Waals surface area (Å²) in [4.78, 5) is 20.9. The van der Waals surface area contributed by atoms with E-state index >= 15 is 0 Å². The van der Waals surface area contributed by atoms with Crippen molar-refractivity contribution in [2.24, 2.45) is 0 Å². The highest BCUT2D eigenvalue weighted by Crippen LogP contribution is 2.29. The number of carbonyl (C=O) groups is 1. The predicted octanol–water partition coefficient (Wildman–Crippen LogP) is 4.75. The molecule has 27 heavy (non-hydrogen) atoms. The summed E-state index contributed by atoms with van der Waals surface area (Å²) in [5, 5.41) is 6.51. The molecule has 0 saturated carbocycles. The van der Waals surface area contributed by atoms with E-state index in [0.29, 0.717) is 22.3 Å². The fourth-order valence-corrected chi connectivity index (χ4v) is 2.65. The maximum atomic E-state index is 12.4. The third kappa shape index (κ3) is 4.54. The summed E-state index contributed by atoms with van der Waals surface area (Å²) in [5.74, 6) is 0.778. The molecule has 3 rings (SSSR count). The zero-order valence-corrected chi connectivity index (χ0v) is 16.0. The van der Waals surface area contributed by atoms with Crippen molar-refractivity contribution >= 4 is 34.7 Å². The topological polar surface area (TPSA) is 76.1 Å². The molecule has 0 radical (unpaired) electrons. The third-order valence-electron chi connectivity index (χ3n) is 3.95. The first-order valence-electron chi connectivity index (χ1n) is 8.27. The smallest absolute Gasteiger partial charge is 0.275 e. The van der Waals surface area contributed by atoms with E-state index in [1.165, 1.54) is 12.4 Å². The minimum Gasteiger partial charge on any atom is -0.495 e. The minimum atomic E-state index is -0.317. The third-order valence-corrected chi connectivity index (χ3v) is 4.19. The van der Waals surface area contributed by atoms with E-state index in [1.54, 1.807) is 25.3 Å². The van der Waals surface area contributed by atoms with Gasteiger partial charge in [0.15, 0.2) is 0 Å². The van der Waals surface area contributed by atoms with Crippen molar-refractivity contribution in [3.8, 4) is 5.75 Å². The van der Waals surface area contributed by atoms with Gasteiger partial charge in [0.05, 0.1) is 25.2 Å². The molecular weight excluding hydrogens is 364 g/mol. The van der Waals surface area contributed by atoms with Gasteiger partial charge >= 0.3 is 0 Å². The van der Waals surface area contributed by atoms with Crippen LogP contribution in [0, 0.1) is 13.8 Å². The van der Waals surface area contributed by atoms with Crippen molar-refractivity contribution in [2.75, 3.05) is 17.7 Å². The normalized spacial score (nSPS) is 10.4. The number of hydrogen-bond acceptors (Lipinski definition) is 5. The van der Waals surface area contributed by atoms with E-state index in [0.717, 1.165) is 16.8 Å². The second kappa shape index (κ2) is 8.05. The van der Waals surface area contributed by atoms with E-state index < -0.39 is 0 Å². The number of nitrogens with zero attached hydrogens (tertiary/aromatic N) is 2. The number of carbonyl (C=O) groups excluding carboxylic acids is 1. The average molecular weight is 383 g/mol. The van der Waals surface area contributed by atoms with Gasteiger partial charge in [-0.1, -0.05) is 23.7 Å². The molecule has 0 unspecified atom stereocenters. The Morgan fingerprint density at radius 3 is 2.56 bits per heavy atom. The van der Waals surface area contributed by atoms with Crippen LogP contribution in [-0.2, 0) is 0 Å². The van der Waals surface area contributed by atoms with Crippen LogP contribution in [0.1, 0.15) is 21.6 Å².